The van der Waals surface area contributed by atoms with Crippen LogP contribution in [0.1, 0.15) is 57.7 Å². The summed E-state index contributed by atoms with van der Waals surface area (Å²) in [5.41, 5.74) is 0.177. The Morgan fingerprint density at radius 3 is 2.14 bits per heavy atom. The third-order valence-corrected chi connectivity index (χ3v) is 6.13. The maximum atomic E-state index is 14.9. The van der Waals surface area contributed by atoms with Gasteiger partial charge in [-0.15, -0.1) is 0 Å². The molecule has 0 radical (unpaired) electrons. The molecule has 0 aromatic heterocycles. The molecule has 1 unspecified atom stereocenters. The van der Waals surface area contributed by atoms with Crippen LogP contribution in [-0.4, -0.2) is 24.0 Å². The highest BCUT2D eigenvalue weighted by Crippen LogP contribution is 2.37. The lowest BCUT2D eigenvalue weighted by molar-refractivity contribution is 0.00578. The van der Waals surface area contributed by atoms with Crippen molar-refractivity contribution in [3.8, 4) is 0 Å². The van der Waals surface area contributed by atoms with Crippen molar-refractivity contribution >= 4 is 18.3 Å². The van der Waals surface area contributed by atoms with Gasteiger partial charge in [0.2, 0.25) is 0 Å². The summed E-state index contributed by atoms with van der Waals surface area (Å²) < 4.78 is 54.9. The predicted molar refractivity (Wildman–Crippen MR) is 107 cm³/mol. The molecule has 0 spiro atoms. The molecule has 4 rings (SSSR count). The van der Waals surface area contributed by atoms with E-state index in [2.05, 4.69) is 4.99 Å². The molecular formula is C22H23BF3NO2. The van der Waals surface area contributed by atoms with Gasteiger partial charge in [0.1, 0.15) is 17.5 Å². The zero-order valence-electron chi connectivity index (χ0n) is 16.9. The lowest BCUT2D eigenvalue weighted by atomic mass is 9.78. The summed E-state index contributed by atoms with van der Waals surface area (Å²) in [5.74, 6) is -1.73. The molecule has 0 aliphatic carbocycles. The van der Waals surface area contributed by atoms with Gasteiger partial charge in [0.25, 0.3) is 0 Å². The number of nitrogens with zero attached hydrogens (tertiary/aromatic N) is 1. The van der Waals surface area contributed by atoms with E-state index in [0.29, 0.717) is 29.6 Å². The van der Waals surface area contributed by atoms with Crippen LogP contribution in [0.3, 0.4) is 0 Å². The molecule has 1 fully saturated rings. The zero-order valence-corrected chi connectivity index (χ0v) is 16.9. The fourth-order valence-electron chi connectivity index (χ4n) is 3.72. The summed E-state index contributed by atoms with van der Waals surface area (Å²) in [6.45, 7) is 7.76. The second-order valence-electron chi connectivity index (χ2n) is 8.60. The molecule has 2 aliphatic heterocycles. The third kappa shape index (κ3) is 3.51. The average molecular weight is 401 g/mol. The normalized spacial score (nSPS) is 22.8. The molecule has 0 saturated carbocycles. The van der Waals surface area contributed by atoms with Crippen LogP contribution in [0.25, 0.3) is 0 Å². The number of rotatable bonds is 3. The van der Waals surface area contributed by atoms with Crippen LogP contribution in [-0.2, 0) is 9.31 Å². The van der Waals surface area contributed by atoms with Gasteiger partial charge in [0.15, 0.2) is 0 Å². The maximum absolute atomic E-state index is 14.9. The SMILES string of the molecule is CC1(C)OB(c2ccc(C3CCC(c4c(F)cccc4F)=N3)c(F)c2)OC1(C)C. The minimum atomic E-state index is -0.654. The highest BCUT2D eigenvalue weighted by Gasteiger charge is 2.51. The van der Waals surface area contributed by atoms with Crippen LogP contribution in [0.5, 0.6) is 0 Å². The Bertz CT molecular complexity index is 954. The van der Waals surface area contributed by atoms with Crippen molar-refractivity contribution in [2.45, 2.75) is 57.8 Å². The van der Waals surface area contributed by atoms with E-state index in [4.69, 9.17) is 9.31 Å². The minimum Gasteiger partial charge on any atom is -0.399 e. The van der Waals surface area contributed by atoms with Crippen molar-refractivity contribution in [2.75, 3.05) is 0 Å². The maximum Gasteiger partial charge on any atom is 0.494 e. The Balaban J connectivity index is 1.59. The standard InChI is InChI=1S/C22H23BF3NO2/c1-21(2)22(3,4)29-23(28-21)13-8-9-14(17(26)12-13)18-10-11-19(27-18)20-15(24)6-5-7-16(20)25/h5-9,12,18H,10-11H2,1-4H3. The van der Waals surface area contributed by atoms with E-state index in [1.807, 2.05) is 27.7 Å². The van der Waals surface area contributed by atoms with Gasteiger partial charge < -0.3 is 9.31 Å². The van der Waals surface area contributed by atoms with Crippen LogP contribution in [0.4, 0.5) is 13.2 Å². The van der Waals surface area contributed by atoms with E-state index < -0.39 is 41.8 Å². The smallest absolute Gasteiger partial charge is 0.399 e. The Kier molecular flexibility index (Phi) is 4.86. The number of halogens is 3. The first-order valence-electron chi connectivity index (χ1n) is 9.75. The van der Waals surface area contributed by atoms with Gasteiger partial charge in [-0.05, 0) is 64.2 Å². The quantitative estimate of drug-likeness (QED) is 0.697. The van der Waals surface area contributed by atoms with Crippen LogP contribution >= 0.6 is 0 Å². The highest BCUT2D eigenvalue weighted by molar-refractivity contribution is 6.62. The fraction of sp³-hybridized carbons (Fsp3) is 0.409. The minimum absolute atomic E-state index is 0.121. The van der Waals surface area contributed by atoms with Crippen molar-refractivity contribution in [3.05, 3.63) is 65.0 Å². The van der Waals surface area contributed by atoms with Gasteiger partial charge in [0, 0.05) is 11.3 Å². The van der Waals surface area contributed by atoms with Crippen LogP contribution in [0.2, 0.25) is 0 Å². The molecule has 2 heterocycles. The lowest BCUT2D eigenvalue weighted by Gasteiger charge is -2.32. The van der Waals surface area contributed by atoms with Crippen molar-refractivity contribution < 1.29 is 22.5 Å². The summed E-state index contributed by atoms with van der Waals surface area (Å²) in [6, 6.07) is 8.06. The summed E-state index contributed by atoms with van der Waals surface area (Å²) in [6.07, 6.45) is 0.886. The van der Waals surface area contributed by atoms with E-state index in [1.165, 1.54) is 24.3 Å². The first-order chi connectivity index (χ1) is 13.6. The van der Waals surface area contributed by atoms with Gasteiger partial charge in [-0.3, -0.25) is 4.99 Å². The second-order valence-corrected chi connectivity index (χ2v) is 8.60. The summed E-state index contributed by atoms with van der Waals surface area (Å²) in [5, 5.41) is 0. The van der Waals surface area contributed by atoms with Crippen molar-refractivity contribution in [3.63, 3.8) is 0 Å². The monoisotopic (exact) mass is 401 g/mol. The van der Waals surface area contributed by atoms with E-state index in [0.717, 1.165) is 0 Å². The van der Waals surface area contributed by atoms with Gasteiger partial charge in [-0.2, -0.15) is 0 Å². The summed E-state index contributed by atoms with van der Waals surface area (Å²) in [7, 11) is -0.654. The largest absolute Gasteiger partial charge is 0.494 e. The van der Waals surface area contributed by atoms with Gasteiger partial charge in [0.05, 0.1) is 22.8 Å². The first-order valence-corrected chi connectivity index (χ1v) is 9.75. The Morgan fingerprint density at radius 2 is 1.55 bits per heavy atom. The number of hydrogen-bond acceptors (Lipinski definition) is 3. The predicted octanol–water partition coefficient (Wildman–Crippen LogP) is 4.73. The summed E-state index contributed by atoms with van der Waals surface area (Å²) >= 11 is 0. The van der Waals surface area contributed by atoms with Crippen molar-refractivity contribution in [2.24, 2.45) is 4.99 Å². The molecule has 1 saturated heterocycles. The van der Waals surface area contributed by atoms with Crippen LogP contribution in [0, 0.1) is 17.5 Å². The first kappa shape index (κ1) is 20.2. The molecular weight excluding hydrogens is 378 g/mol. The van der Waals surface area contributed by atoms with E-state index in [1.54, 1.807) is 12.1 Å². The fourth-order valence-corrected chi connectivity index (χ4v) is 3.72. The topological polar surface area (TPSA) is 30.8 Å². The molecule has 0 N–H and O–H groups in total. The molecule has 152 valence electrons. The van der Waals surface area contributed by atoms with Gasteiger partial charge >= 0.3 is 7.12 Å². The number of aliphatic imine (C=N–C) groups is 1. The highest BCUT2D eigenvalue weighted by atomic mass is 19.1. The molecule has 2 aromatic rings. The number of benzene rings is 2. The van der Waals surface area contributed by atoms with E-state index in [9.17, 15) is 13.2 Å². The zero-order chi connectivity index (χ0) is 21.0. The average Bonchev–Trinajstić information content (AvgIpc) is 3.17. The lowest BCUT2D eigenvalue weighted by Crippen LogP contribution is -2.41. The third-order valence-electron chi connectivity index (χ3n) is 6.13. The van der Waals surface area contributed by atoms with Crippen LogP contribution in [0.15, 0.2) is 41.4 Å². The van der Waals surface area contributed by atoms with Crippen molar-refractivity contribution in [1.29, 1.82) is 0 Å². The Morgan fingerprint density at radius 1 is 0.931 bits per heavy atom. The van der Waals surface area contributed by atoms with E-state index in [-0.39, 0.29) is 5.56 Å². The molecule has 1 atom stereocenters. The Labute approximate surface area is 169 Å². The number of hydrogen-bond donors (Lipinski definition) is 0. The molecule has 29 heavy (non-hydrogen) atoms. The molecule has 3 nitrogen and oxygen atoms in total. The van der Waals surface area contributed by atoms with Gasteiger partial charge in [-0.1, -0.05) is 18.2 Å². The van der Waals surface area contributed by atoms with Gasteiger partial charge in [-0.25, -0.2) is 13.2 Å². The van der Waals surface area contributed by atoms with Crippen molar-refractivity contribution in [1.82, 2.24) is 0 Å². The summed E-state index contributed by atoms with van der Waals surface area (Å²) in [4.78, 5) is 4.42. The molecule has 2 aliphatic rings. The Hall–Kier alpha value is -2.12. The second kappa shape index (κ2) is 6.99. The molecule has 0 amide bonds. The molecule has 2 aromatic carbocycles. The van der Waals surface area contributed by atoms with E-state index >= 15 is 0 Å². The molecule has 0 bridgehead atoms. The van der Waals surface area contributed by atoms with Crippen LogP contribution < -0.4 is 5.46 Å². The molecule has 7 heteroatoms.